The zero-order chi connectivity index (χ0) is 12.8. The van der Waals surface area contributed by atoms with Crippen LogP contribution in [-0.4, -0.2) is 29.4 Å². The maximum absolute atomic E-state index is 11.8. The van der Waals surface area contributed by atoms with Crippen molar-refractivity contribution in [3.63, 3.8) is 0 Å². The maximum Gasteiger partial charge on any atom is 0.261 e. The number of halogens is 3. The fourth-order valence-electron chi connectivity index (χ4n) is 1.51. The first-order valence-corrected chi connectivity index (χ1v) is 6.18. The molecule has 1 unspecified atom stereocenters. The van der Waals surface area contributed by atoms with Crippen molar-refractivity contribution in [2.45, 2.75) is 32.4 Å². The highest BCUT2D eigenvalue weighted by molar-refractivity contribution is 9.10. The molecule has 0 fully saturated rings. The van der Waals surface area contributed by atoms with Crippen LogP contribution in [0.1, 0.15) is 25.1 Å². The number of nitrogens with zero attached hydrogens (tertiary/aromatic N) is 2. The highest BCUT2D eigenvalue weighted by Gasteiger charge is 2.15. The zero-order valence-electron chi connectivity index (χ0n) is 9.57. The minimum Gasteiger partial charge on any atom is -0.375 e. The third-order valence-electron chi connectivity index (χ3n) is 2.30. The van der Waals surface area contributed by atoms with Crippen LogP contribution in [0, 0.1) is 0 Å². The van der Waals surface area contributed by atoms with Gasteiger partial charge in [0, 0.05) is 13.2 Å². The summed E-state index contributed by atoms with van der Waals surface area (Å²) >= 11 is 3.37. The summed E-state index contributed by atoms with van der Waals surface area (Å²) in [6, 6.07) is -0.274. The molecule has 0 aromatic carbocycles. The van der Waals surface area contributed by atoms with Gasteiger partial charge in [0.2, 0.25) is 0 Å². The lowest BCUT2D eigenvalue weighted by Gasteiger charge is -2.14. The lowest BCUT2D eigenvalue weighted by atomic mass is 10.1. The lowest BCUT2D eigenvalue weighted by Crippen LogP contribution is -2.19. The van der Waals surface area contributed by atoms with Crippen molar-refractivity contribution in [1.82, 2.24) is 9.78 Å². The van der Waals surface area contributed by atoms with Crippen molar-refractivity contribution in [2.24, 2.45) is 5.73 Å². The van der Waals surface area contributed by atoms with Crippen molar-refractivity contribution < 1.29 is 13.5 Å². The highest BCUT2D eigenvalue weighted by atomic mass is 79.9. The van der Waals surface area contributed by atoms with Gasteiger partial charge in [0.25, 0.3) is 6.43 Å². The molecule has 0 aliphatic heterocycles. The Morgan fingerprint density at radius 1 is 1.59 bits per heavy atom. The van der Waals surface area contributed by atoms with E-state index in [0.29, 0.717) is 13.0 Å². The molecule has 0 saturated heterocycles. The smallest absolute Gasteiger partial charge is 0.261 e. The van der Waals surface area contributed by atoms with Gasteiger partial charge < -0.3 is 10.5 Å². The molecule has 0 bridgehead atoms. The Kier molecular flexibility index (Phi) is 6.01. The largest absolute Gasteiger partial charge is 0.375 e. The Labute approximate surface area is 107 Å². The van der Waals surface area contributed by atoms with Crippen molar-refractivity contribution in [3.05, 3.63) is 16.4 Å². The van der Waals surface area contributed by atoms with Crippen molar-refractivity contribution in [1.29, 1.82) is 0 Å². The number of ether oxygens (including phenoxy) is 1. The Bertz CT molecular complexity index is 346. The standard InChI is InChI=1S/C10H16BrF2N3O/c1-2-16-10(7(11)5-15-16)8(14)3-4-17-6-9(12)13/h5,8-9H,2-4,6,14H2,1H3. The van der Waals surface area contributed by atoms with E-state index in [1.807, 2.05) is 6.92 Å². The van der Waals surface area contributed by atoms with Gasteiger partial charge in [0.05, 0.1) is 22.4 Å². The molecule has 98 valence electrons. The van der Waals surface area contributed by atoms with Crippen LogP contribution < -0.4 is 5.73 Å². The van der Waals surface area contributed by atoms with Crippen molar-refractivity contribution >= 4 is 15.9 Å². The number of aromatic nitrogens is 2. The van der Waals surface area contributed by atoms with Crippen LogP contribution in [0.25, 0.3) is 0 Å². The Balaban J connectivity index is 2.46. The SMILES string of the molecule is CCn1ncc(Br)c1C(N)CCOCC(F)F. The molecule has 4 nitrogen and oxygen atoms in total. The summed E-state index contributed by atoms with van der Waals surface area (Å²) in [5, 5.41) is 4.14. The average molecular weight is 312 g/mol. The second-order valence-electron chi connectivity index (χ2n) is 3.55. The first-order chi connectivity index (χ1) is 8.06. The predicted octanol–water partition coefficient (Wildman–Crippen LogP) is 2.34. The third kappa shape index (κ3) is 4.33. The first-order valence-electron chi connectivity index (χ1n) is 5.39. The number of hydrogen-bond acceptors (Lipinski definition) is 3. The van der Waals surface area contributed by atoms with Crippen LogP contribution in [0.2, 0.25) is 0 Å². The summed E-state index contributed by atoms with van der Waals surface area (Å²) in [5.74, 6) is 0. The van der Waals surface area contributed by atoms with Crippen LogP contribution in [0.3, 0.4) is 0 Å². The molecule has 0 amide bonds. The molecular formula is C10H16BrF2N3O. The van der Waals surface area contributed by atoms with Gasteiger partial charge in [-0.25, -0.2) is 8.78 Å². The molecule has 0 spiro atoms. The summed E-state index contributed by atoms with van der Waals surface area (Å²) < 4.78 is 31.1. The summed E-state index contributed by atoms with van der Waals surface area (Å²) in [7, 11) is 0. The van der Waals surface area contributed by atoms with E-state index in [1.165, 1.54) is 0 Å². The van der Waals surface area contributed by atoms with E-state index in [4.69, 9.17) is 10.5 Å². The summed E-state index contributed by atoms with van der Waals surface area (Å²) in [6.45, 7) is 2.35. The normalized spacial score (nSPS) is 13.3. The average Bonchev–Trinajstić information content (AvgIpc) is 2.65. The van der Waals surface area contributed by atoms with E-state index in [1.54, 1.807) is 10.9 Å². The lowest BCUT2D eigenvalue weighted by molar-refractivity contribution is 0.0150. The van der Waals surface area contributed by atoms with Gasteiger partial charge in [-0.1, -0.05) is 0 Å². The Morgan fingerprint density at radius 3 is 2.88 bits per heavy atom. The molecule has 17 heavy (non-hydrogen) atoms. The van der Waals surface area contributed by atoms with Crippen molar-refractivity contribution in [2.75, 3.05) is 13.2 Å². The summed E-state index contributed by atoms with van der Waals surface area (Å²) in [6.07, 6.45) is -0.269. The van der Waals surface area contributed by atoms with Gasteiger partial charge in [0.15, 0.2) is 0 Å². The number of nitrogens with two attached hydrogens (primary N) is 1. The van der Waals surface area contributed by atoms with Crippen LogP contribution in [0.4, 0.5) is 8.78 Å². The minimum absolute atomic E-state index is 0.215. The quantitative estimate of drug-likeness (QED) is 0.786. The third-order valence-corrected chi connectivity index (χ3v) is 2.91. The fraction of sp³-hybridized carbons (Fsp3) is 0.700. The molecular weight excluding hydrogens is 296 g/mol. The highest BCUT2D eigenvalue weighted by Crippen LogP contribution is 2.23. The molecule has 0 aliphatic carbocycles. The molecule has 1 rings (SSSR count). The van der Waals surface area contributed by atoms with Gasteiger partial charge in [0.1, 0.15) is 6.61 Å². The zero-order valence-corrected chi connectivity index (χ0v) is 11.2. The Morgan fingerprint density at radius 2 is 2.29 bits per heavy atom. The van der Waals surface area contributed by atoms with E-state index in [9.17, 15) is 8.78 Å². The molecule has 2 N–H and O–H groups in total. The minimum atomic E-state index is -2.43. The monoisotopic (exact) mass is 311 g/mol. The van der Waals surface area contributed by atoms with Gasteiger partial charge in [-0.05, 0) is 29.3 Å². The molecule has 7 heteroatoms. The summed E-state index contributed by atoms with van der Waals surface area (Å²) in [5.41, 5.74) is 6.84. The topological polar surface area (TPSA) is 53.1 Å². The van der Waals surface area contributed by atoms with E-state index in [2.05, 4.69) is 21.0 Å². The number of rotatable bonds is 7. The van der Waals surface area contributed by atoms with Crippen LogP contribution in [0.5, 0.6) is 0 Å². The fourth-order valence-corrected chi connectivity index (χ4v) is 2.10. The summed E-state index contributed by atoms with van der Waals surface area (Å²) in [4.78, 5) is 0. The van der Waals surface area contributed by atoms with Gasteiger partial charge in [-0.15, -0.1) is 0 Å². The molecule has 0 radical (unpaired) electrons. The molecule has 1 aromatic heterocycles. The van der Waals surface area contributed by atoms with Crippen molar-refractivity contribution in [3.8, 4) is 0 Å². The second kappa shape index (κ2) is 7.03. The molecule has 1 aromatic rings. The molecule has 1 atom stereocenters. The van der Waals surface area contributed by atoms with Gasteiger partial charge >= 0.3 is 0 Å². The second-order valence-corrected chi connectivity index (χ2v) is 4.41. The number of aryl methyl sites for hydroxylation is 1. The van der Waals surface area contributed by atoms with Gasteiger partial charge in [-0.2, -0.15) is 5.10 Å². The number of alkyl halides is 2. The Hall–Kier alpha value is -0.530. The van der Waals surface area contributed by atoms with E-state index < -0.39 is 13.0 Å². The van der Waals surface area contributed by atoms with E-state index >= 15 is 0 Å². The predicted molar refractivity (Wildman–Crippen MR) is 64.0 cm³/mol. The van der Waals surface area contributed by atoms with Gasteiger partial charge in [-0.3, -0.25) is 4.68 Å². The van der Waals surface area contributed by atoms with E-state index in [-0.39, 0.29) is 12.6 Å². The van der Waals surface area contributed by atoms with Crippen LogP contribution in [0.15, 0.2) is 10.7 Å². The maximum atomic E-state index is 11.8. The van der Waals surface area contributed by atoms with Crippen LogP contribution in [-0.2, 0) is 11.3 Å². The first kappa shape index (κ1) is 14.5. The van der Waals surface area contributed by atoms with Crippen LogP contribution >= 0.6 is 15.9 Å². The molecule has 0 aliphatic rings. The molecule has 0 saturated carbocycles. The molecule has 1 heterocycles. The number of hydrogen-bond donors (Lipinski definition) is 1. The van der Waals surface area contributed by atoms with E-state index in [0.717, 1.165) is 10.2 Å².